The van der Waals surface area contributed by atoms with E-state index in [-0.39, 0.29) is 5.56 Å². The maximum Gasteiger partial charge on any atom is 0.339 e. The second-order valence-electron chi connectivity index (χ2n) is 5.46. The Hall–Kier alpha value is -1.14. The molecule has 0 aromatic carbocycles. The first-order valence-electron chi connectivity index (χ1n) is 7.03. The van der Waals surface area contributed by atoms with E-state index in [1.807, 2.05) is 0 Å². The number of halogens is 1. The lowest BCUT2D eigenvalue weighted by atomic mass is 10.2. The molecule has 0 spiro atoms. The molecule has 2 saturated heterocycles. The molecule has 1 aromatic rings. The fourth-order valence-corrected chi connectivity index (χ4v) is 3.57. The summed E-state index contributed by atoms with van der Waals surface area (Å²) in [4.78, 5) is 20.5. The number of anilines is 1. The summed E-state index contributed by atoms with van der Waals surface area (Å²) in [6.45, 7) is 4.05. The first-order chi connectivity index (χ1) is 9.65. The van der Waals surface area contributed by atoms with Crippen LogP contribution >= 0.6 is 15.9 Å². The van der Waals surface area contributed by atoms with Crippen molar-refractivity contribution in [2.24, 2.45) is 0 Å². The van der Waals surface area contributed by atoms with Gasteiger partial charge in [-0.3, -0.25) is 4.90 Å². The highest BCUT2D eigenvalue weighted by molar-refractivity contribution is 9.10. The van der Waals surface area contributed by atoms with Crippen LogP contribution in [0.4, 0.5) is 5.82 Å². The number of hydrogen-bond acceptors (Lipinski definition) is 4. The van der Waals surface area contributed by atoms with E-state index in [4.69, 9.17) is 0 Å². The van der Waals surface area contributed by atoms with Crippen LogP contribution in [0.25, 0.3) is 0 Å². The van der Waals surface area contributed by atoms with Crippen LogP contribution in [0, 0.1) is 0 Å². The molecule has 0 aliphatic carbocycles. The van der Waals surface area contributed by atoms with Gasteiger partial charge in [0, 0.05) is 36.3 Å². The average Bonchev–Trinajstić information content (AvgIpc) is 2.76. The SMILES string of the molecule is O=C(O)c1cc(Br)cnc1N1CCCN2CCCC2C1. The second-order valence-corrected chi connectivity index (χ2v) is 6.38. The fourth-order valence-electron chi connectivity index (χ4n) is 3.24. The van der Waals surface area contributed by atoms with Crippen LogP contribution in [-0.4, -0.2) is 53.2 Å². The number of carboxylic acids is 1. The zero-order valence-corrected chi connectivity index (χ0v) is 12.8. The van der Waals surface area contributed by atoms with E-state index in [0.717, 1.165) is 26.1 Å². The Morgan fingerprint density at radius 2 is 2.15 bits per heavy atom. The number of rotatable bonds is 2. The Morgan fingerprint density at radius 3 is 2.95 bits per heavy atom. The zero-order chi connectivity index (χ0) is 14.1. The van der Waals surface area contributed by atoms with Crippen LogP contribution in [-0.2, 0) is 0 Å². The van der Waals surface area contributed by atoms with E-state index in [1.54, 1.807) is 12.3 Å². The number of carboxylic acid groups (broad SMARTS) is 1. The number of hydrogen-bond donors (Lipinski definition) is 1. The molecule has 1 unspecified atom stereocenters. The van der Waals surface area contributed by atoms with E-state index >= 15 is 0 Å². The molecule has 0 radical (unpaired) electrons. The molecular weight excluding hydrogens is 322 g/mol. The largest absolute Gasteiger partial charge is 0.478 e. The average molecular weight is 340 g/mol. The minimum Gasteiger partial charge on any atom is -0.478 e. The van der Waals surface area contributed by atoms with E-state index in [9.17, 15) is 9.90 Å². The van der Waals surface area contributed by atoms with Gasteiger partial charge in [-0.15, -0.1) is 0 Å². The molecule has 2 fully saturated rings. The third-order valence-electron chi connectivity index (χ3n) is 4.17. The van der Waals surface area contributed by atoms with Gasteiger partial charge in [-0.2, -0.15) is 0 Å². The van der Waals surface area contributed by atoms with Crippen molar-refractivity contribution in [2.45, 2.75) is 25.3 Å². The van der Waals surface area contributed by atoms with Crippen molar-refractivity contribution >= 4 is 27.7 Å². The summed E-state index contributed by atoms with van der Waals surface area (Å²) >= 11 is 3.30. The summed E-state index contributed by atoms with van der Waals surface area (Å²) in [5, 5.41) is 9.38. The third-order valence-corrected chi connectivity index (χ3v) is 4.60. The first-order valence-corrected chi connectivity index (χ1v) is 7.82. The monoisotopic (exact) mass is 339 g/mol. The molecule has 2 aliphatic rings. The molecule has 108 valence electrons. The van der Waals surface area contributed by atoms with Gasteiger partial charge in [-0.25, -0.2) is 9.78 Å². The maximum atomic E-state index is 11.4. The Kier molecular flexibility index (Phi) is 3.94. The molecule has 1 atom stereocenters. The summed E-state index contributed by atoms with van der Waals surface area (Å²) in [5.74, 6) is -0.309. The molecule has 20 heavy (non-hydrogen) atoms. The topological polar surface area (TPSA) is 56.7 Å². The molecule has 2 aliphatic heterocycles. The quantitative estimate of drug-likeness (QED) is 0.895. The van der Waals surface area contributed by atoms with Crippen molar-refractivity contribution in [1.29, 1.82) is 0 Å². The number of aromatic carboxylic acids is 1. The van der Waals surface area contributed by atoms with Gasteiger partial charge >= 0.3 is 5.97 Å². The first kappa shape index (κ1) is 13.8. The van der Waals surface area contributed by atoms with E-state index in [2.05, 4.69) is 30.7 Å². The molecule has 0 amide bonds. The molecule has 1 N–H and O–H groups in total. The Morgan fingerprint density at radius 1 is 1.35 bits per heavy atom. The molecule has 5 nitrogen and oxygen atoms in total. The van der Waals surface area contributed by atoms with Crippen LogP contribution in [0.1, 0.15) is 29.6 Å². The van der Waals surface area contributed by atoms with E-state index < -0.39 is 5.97 Å². The summed E-state index contributed by atoms with van der Waals surface area (Å²) in [5.41, 5.74) is 0.283. The number of nitrogens with zero attached hydrogens (tertiary/aromatic N) is 3. The number of aromatic nitrogens is 1. The number of fused-ring (bicyclic) bond motifs is 1. The van der Waals surface area contributed by atoms with Gasteiger partial charge < -0.3 is 10.0 Å². The molecule has 6 heteroatoms. The molecule has 0 bridgehead atoms. The van der Waals surface area contributed by atoms with Crippen molar-refractivity contribution in [1.82, 2.24) is 9.88 Å². The third kappa shape index (κ3) is 2.67. The van der Waals surface area contributed by atoms with Crippen molar-refractivity contribution < 1.29 is 9.90 Å². The Balaban J connectivity index is 1.89. The lowest BCUT2D eigenvalue weighted by Gasteiger charge is -2.27. The van der Waals surface area contributed by atoms with Gasteiger partial charge in [0.2, 0.25) is 0 Å². The van der Waals surface area contributed by atoms with Crippen molar-refractivity contribution in [3.05, 3.63) is 22.3 Å². The number of pyridine rings is 1. The van der Waals surface area contributed by atoms with Crippen molar-refractivity contribution in [3.8, 4) is 0 Å². The normalized spacial score (nSPS) is 23.4. The van der Waals surface area contributed by atoms with Gasteiger partial charge in [0.05, 0.1) is 0 Å². The van der Waals surface area contributed by atoms with Gasteiger partial charge in [0.15, 0.2) is 0 Å². The zero-order valence-electron chi connectivity index (χ0n) is 11.3. The van der Waals surface area contributed by atoms with Gasteiger partial charge in [0.1, 0.15) is 11.4 Å². The Bertz CT molecular complexity index is 523. The predicted molar refractivity (Wildman–Crippen MR) is 80.3 cm³/mol. The molecule has 3 rings (SSSR count). The van der Waals surface area contributed by atoms with Crippen LogP contribution in [0.2, 0.25) is 0 Å². The molecule has 3 heterocycles. The predicted octanol–water partition coefficient (Wildman–Crippen LogP) is 2.22. The highest BCUT2D eigenvalue weighted by Crippen LogP contribution is 2.27. The molecule has 1 aromatic heterocycles. The Labute approximate surface area is 126 Å². The standard InChI is InChI=1S/C14H18BrN3O2/c15-10-7-12(14(19)20)13(16-8-10)18-6-2-5-17-4-1-3-11(17)9-18/h7-8,11H,1-6,9H2,(H,19,20). The van der Waals surface area contributed by atoms with Crippen LogP contribution in [0.15, 0.2) is 16.7 Å². The van der Waals surface area contributed by atoms with Crippen molar-refractivity contribution in [2.75, 3.05) is 31.1 Å². The van der Waals surface area contributed by atoms with Crippen molar-refractivity contribution in [3.63, 3.8) is 0 Å². The summed E-state index contributed by atoms with van der Waals surface area (Å²) < 4.78 is 0.705. The summed E-state index contributed by atoms with van der Waals surface area (Å²) in [6.07, 6.45) is 5.19. The fraction of sp³-hybridized carbons (Fsp3) is 0.571. The lowest BCUT2D eigenvalue weighted by molar-refractivity contribution is 0.0697. The molecular formula is C14H18BrN3O2. The second kappa shape index (κ2) is 5.69. The van der Waals surface area contributed by atoms with Crippen LogP contribution < -0.4 is 4.90 Å². The van der Waals surface area contributed by atoms with Gasteiger partial charge in [-0.05, 0) is 47.8 Å². The van der Waals surface area contributed by atoms with Gasteiger partial charge in [0.25, 0.3) is 0 Å². The highest BCUT2D eigenvalue weighted by Gasteiger charge is 2.30. The summed E-state index contributed by atoms with van der Waals surface area (Å²) in [7, 11) is 0. The van der Waals surface area contributed by atoms with Crippen LogP contribution in [0.5, 0.6) is 0 Å². The molecule has 0 saturated carbocycles. The minimum atomic E-state index is -0.915. The van der Waals surface area contributed by atoms with Crippen LogP contribution in [0.3, 0.4) is 0 Å². The maximum absolute atomic E-state index is 11.4. The highest BCUT2D eigenvalue weighted by atomic mass is 79.9. The number of carbonyl (C=O) groups is 1. The lowest BCUT2D eigenvalue weighted by Crippen LogP contribution is -2.37. The smallest absolute Gasteiger partial charge is 0.339 e. The summed E-state index contributed by atoms with van der Waals surface area (Å²) in [6, 6.07) is 2.19. The van der Waals surface area contributed by atoms with Gasteiger partial charge in [-0.1, -0.05) is 0 Å². The van der Waals surface area contributed by atoms with E-state index in [0.29, 0.717) is 16.3 Å². The van der Waals surface area contributed by atoms with E-state index in [1.165, 1.54) is 19.4 Å². The minimum absolute atomic E-state index is 0.283.